The number of rotatable bonds is 9. The van der Waals surface area contributed by atoms with E-state index in [4.69, 9.17) is 0 Å². The largest absolute Gasteiger partial charge is 0.325 e. The van der Waals surface area contributed by atoms with Crippen molar-refractivity contribution < 1.29 is 18.8 Å². The first-order chi connectivity index (χ1) is 20.8. The Morgan fingerprint density at radius 3 is 2.16 bits per heavy atom. The van der Waals surface area contributed by atoms with Crippen LogP contribution in [-0.4, -0.2) is 23.5 Å². The van der Waals surface area contributed by atoms with Gasteiger partial charge in [-0.1, -0.05) is 70.5 Å². The summed E-state index contributed by atoms with van der Waals surface area (Å²) in [7, 11) is 0. The minimum Gasteiger partial charge on any atom is -0.325 e. The number of carbonyl (C=O) groups is 3. The van der Waals surface area contributed by atoms with Crippen LogP contribution in [0.15, 0.2) is 130 Å². The van der Waals surface area contributed by atoms with Crippen LogP contribution in [0, 0.1) is 5.82 Å². The van der Waals surface area contributed by atoms with Gasteiger partial charge in [0, 0.05) is 20.7 Å². The van der Waals surface area contributed by atoms with E-state index in [1.54, 1.807) is 54.6 Å². The van der Waals surface area contributed by atoms with Gasteiger partial charge in [0.25, 0.3) is 11.8 Å². The van der Waals surface area contributed by atoms with Crippen molar-refractivity contribution in [2.24, 2.45) is 0 Å². The zero-order valence-electron chi connectivity index (χ0n) is 22.6. The van der Waals surface area contributed by atoms with E-state index in [-0.39, 0.29) is 22.9 Å². The van der Waals surface area contributed by atoms with Gasteiger partial charge in [-0.15, -0.1) is 11.8 Å². The van der Waals surface area contributed by atoms with Crippen LogP contribution in [0.3, 0.4) is 0 Å². The molecule has 0 bridgehead atoms. The van der Waals surface area contributed by atoms with Crippen LogP contribution in [0.25, 0.3) is 16.8 Å². The van der Waals surface area contributed by atoms with Gasteiger partial charge < -0.3 is 16.0 Å². The molecule has 0 atom stereocenters. The second kappa shape index (κ2) is 14.0. The van der Waals surface area contributed by atoms with Gasteiger partial charge >= 0.3 is 0 Å². The minimum absolute atomic E-state index is 0.0561. The molecule has 0 fully saturated rings. The Labute approximate surface area is 260 Å². The molecule has 43 heavy (non-hydrogen) atoms. The standard InChI is InChI=1S/C34H25BrFN3O3S/c35-25-12-9-22(10-13-25)19-31(39-33(41)29-7-3-4-8-30(29)36)34(42)38-26-15-17-28(18-16-26)43-21-32(40)37-27-14-11-23-5-1-2-6-24(23)20-27/h1-20H,21H2,(H,37,40)(H,38,42)(H,39,41). The molecule has 0 saturated carbocycles. The number of hydrogen-bond acceptors (Lipinski definition) is 4. The third kappa shape index (κ3) is 8.18. The predicted octanol–water partition coefficient (Wildman–Crippen LogP) is 7.88. The molecule has 0 aliphatic rings. The molecule has 0 aliphatic heterocycles. The average molecular weight is 655 g/mol. The number of halogens is 2. The highest BCUT2D eigenvalue weighted by Gasteiger charge is 2.17. The maximum Gasteiger partial charge on any atom is 0.272 e. The van der Waals surface area contributed by atoms with E-state index in [1.807, 2.05) is 42.5 Å². The van der Waals surface area contributed by atoms with Crippen LogP contribution in [-0.2, 0) is 9.59 Å². The third-order valence-electron chi connectivity index (χ3n) is 6.31. The quantitative estimate of drug-likeness (QED) is 0.112. The van der Waals surface area contributed by atoms with Crippen molar-refractivity contribution in [3.8, 4) is 0 Å². The molecule has 0 saturated heterocycles. The van der Waals surface area contributed by atoms with Crippen molar-refractivity contribution in [3.63, 3.8) is 0 Å². The molecular formula is C34H25BrFN3O3S. The Kier molecular flexibility index (Phi) is 9.66. The van der Waals surface area contributed by atoms with E-state index in [9.17, 15) is 18.8 Å². The Morgan fingerprint density at radius 2 is 1.42 bits per heavy atom. The lowest BCUT2D eigenvalue weighted by Gasteiger charge is -2.12. The highest BCUT2D eigenvalue weighted by molar-refractivity contribution is 9.10. The molecule has 6 nitrogen and oxygen atoms in total. The van der Waals surface area contributed by atoms with Gasteiger partial charge in [-0.05, 0) is 83.1 Å². The molecule has 9 heteroatoms. The van der Waals surface area contributed by atoms with Crippen molar-refractivity contribution in [1.82, 2.24) is 5.32 Å². The fourth-order valence-electron chi connectivity index (χ4n) is 4.17. The topological polar surface area (TPSA) is 87.3 Å². The van der Waals surface area contributed by atoms with Gasteiger partial charge in [-0.25, -0.2) is 4.39 Å². The summed E-state index contributed by atoms with van der Waals surface area (Å²) in [6, 6.07) is 33.4. The van der Waals surface area contributed by atoms with Gasteiger partial charge in [0.05, 0.1) is 11.3 Å². The first-order valence-corrected chi connectivity index (χ1v) is 15.0. The number of nitrogens with one attached hydrogen (secondary N) is 3. The van der Waals surface area contributed by atoms with Gasteiger partial charge in [0.1, 0.15) is 11.5 Å². The highest BCUT2D eigenvalue weighted by atomic mass is 79.9. The number of benzene rings is 5. The number of amides is 3. The van der Waals surface area contributed by atoms with Crippen molar-refractivity contribution >= 4 is 73.6 Å². The first-order valence-electron chi connectivity index (χ1n) is 13.2. The summed E-state index contributed by atoms with van der Waals surface area (Å²) in [4.78, 5) is 39.4. The van der Waals surface area contributed by atoms with Crippen LogP contribution in [0.5, 0.6) is 0 Å². The monoisotopic (exact) mass is 653 g/mol. The number of hydrogen-bond donors (Lipinski definition) is 3. The van der Waals surface area contributed by atoms with Gasteiger partial charge in [0.2, 0.25) is 5.91 Å². The van der Waals surface area contributed by atoms with Crippen LogP contribution < -0.4 is 16.0 Å². The maximum atomic E-state index is 14.2. The van der Waals surface area contributed by atoms with Crippen molar-refractivity contribution in [2.75, 3.05) is 16.4 Å². The number of anilines is 2. The molecule has 0 aliphatic carbocycles. The smallest absolute Gasteiger partial charge is 0.272 e. The maximum absolute atomic E-state index is 14.2. The Hall–Kier alpha value is -4.73. The lowest BCUT2D eigenvalue weighted by Crippen LogP contribution is -2.31. The average Bonchev–Trinajstić information content (AvgIpc) is 3.01. The van der Waals surface area contributed by atoms with Crippen molar-refractivity contribution in [1.29, 1.82) is 0 Å². The van der Waals surface area contributed by atoms with E-state index in [0.717, 1.165) is 25.8 Å². The summed E-state index contributed by atoms with van der Waals surface area (Å²) in [5.74, 6) is -1.94. The molecule has 0 aromatic heterocycles. The third-order valence-corrected chi connectivity index (χ3v) is 7.85. The number of thioether (sulfide) groups is 1. The van der Waals surface area contributed by atoms with E-state index in [2.05, 4.69) is 31.9 Å². The molecule has 0 heterocycles. The predicted molar refractivity (Wildman–Crippen MR) is 174 cm³/mol. The van der Waals surface area contributed by atoms with Gasteiger partial charge in [0.15, 0.2) is 0 Å². The summed E-state index contributed by atoms with van der Waals surface area (Å²) in [5, 5.41) is 10.4. The SMILES string of the molecule is O=C(CSc1ccc(NC(=O)C(=Cc2ccc(Br)cc2)NC(=O)c2ccccc2F)cc1)Nc1ccc2ccccc2c1. The van der Waals surface area contributed by atoms with E-state index in [0.29, 0.717) is 11.3 Å². The number of carbonyl (C=O) groups excluding carboxylic acids is 3. The molecule has 3 N–H and O–H groups in total. The fraction of sp³-hybridized carbons (Fsp3) is 0.0294. The molecule has 5 aromatic rings. The van der Waals surface area contributed by atoms with Gasteiger partial charge in [-0.2, -0.15) is 0 Å². The molecule has 0 radical (unpaired) electrons. The summed E-state index contributed by atoms with van der Waals surface area (Å²) in [6.45, 7) is 0. The van der Waals surface area contributed by atoms with Crippen molar-refractivity contribution in [3.05, 3.63) is 142 Å². The fourth-order valence-corrected chi connectivity index (χ4v) is 5.13. The van der Waals surface area contributed by atoms with E-state index < -0.39 is 17.6 Å². The molecule has 0 unspecified atom stereocenters. The summed E-state index contributed by atoms with van der Waals surface area (Å²) in [6.07, 6.45) is 1.51. The lowest BCUT2D eigenvalue weighted by molar-refractivity contribution is -0.114. The Balaban J connectivity index is 1.22. The zero-order chi connectivity index (χ0) is 30.2. The molecular weight excluding hydrogens is 629 g/mol. The molecule has 3 amide bonds. The highest BCUT2D eigenvalue weighted by Crippen LogP contribution is 2.23. The summed E-state index contributed by atoms with van der Waals surface area (Å²) < 4.78 is 15.1. The second-order valence-electron chi connectivity index (χ2n) is 9.42. The minimum atomic E-state index is -0.745. The van der Waals surface area contributed by atoms with Crippen LogP contribution in [0.1, 0.15) is 15.9 Å². The molecule has 5 rings (SSSR count). The van der Waals surface area contributed by atoms with Crippen LogP contribution in [0.4, 0.5) is 15.8 Å². The summed E-state index contributed by atoms with van der Waals surface area (Å²) >= 11 is 4.74. The van der Waals surface area contributed by atoms with E-state index >= 15 is 0 Å². The zero-order valence-corrected chi connectivity index (χ0v) is 25.0. The van der Waals surface area contributed by atoms with E-state index in [1.165, 1.54) is 36.0 Å². The number of fused-ring (bicyclic) bond motifs is 1. The molecule has 5 aromatic carbocycles. The lowest BCUT2D eigenvalue weighted by atomic mass is 10.1. The van der Waals surface area contributed by atoms with Crippen LogP contribution in [0.2, 0.25) is 0 Å². The second-order valence-corrected chi connectivity index (χ2v) is 11.4. The van der Waals surface area contributed by atoms with Crippen molar-refractivity contribution in [2.45, 2.75) is 4.90 Å². The van der Waals surface area contributed by atoms with Crippen LogP contribution >= 0.6 is 27.7 Å². The first kappa shape index (κ1) is 29.8. The Morgan fingerprint density at radius 1 is 0.744 bits per heavy atom. The normalized spacial score (nSPS) is 11.2. The molecule has 0 spiro atoms. The molecule has 214 valence electrons. The Bertz CT molecular complexity index is 1830. The summed E-state index contributed by atoms with van der Waals surface area (Å²) in [5.41, 5.74) is 1.64. The van der Waals surface area contributed by atoms with Gasteiger partial charge in [-0.3, -0.25) is 14.4 Å².